The van der Waals surface area contributed by atoms with E-state index in [1.54, 1.807) is 41.3 Å². The van der Waals surface area contributed by atoms with Crippen LogP contribution < -0.4 is 9.47 Å². The van der Waals surface area contributed by atoms with E-state index >= 15 is 0 Å². The first-order chi connectivity index (χ1) is 21.8. The number of hydrogen-bond acceptors (Lipinski definition) is 8. The van der Waals surface area contributed by atoms with Gasteiger partial charge in [-0.25, -0.2) is 0 Å². The summed E-state index contributed by atoms with van der Waals surface area (Å²) in [5.41, 5.74) is 3.01. The molecule has 8 nitrogen and oxygen atoms in total. The van der Waals surface area contributed by atoms with Crippen LogP contribution >= 0.6 is 47.2 Å². The van der Waals surface area contributed by atoms with Crippen molar-refractivity contribution in [3.05, 3.63) is 86.7 Å². The Labute approximate surface area is 281 Å². The molecule has 2 aliphatic heterocycles. The fourth-order valence-corrected chi connectivity index (χ4v) is 6.65. The van der Waals surface area contributed by atoms with Gasteiger partial charge in [-0.05, 0) is 66.1 Å². The van der Waals surface area contributed by atoms with Crippen LogP contribution in [0.2, 0.25) is 10.0 Å². The van der Waals surface area contributed by atoms with Crippen LogP contribution in [-0.2, 0) is 20.7 Å². The molecule has 12 heteroatoms. The van der Waals surface area contributed by atoms with Crippen LogP contribution in [0.1, 0.15) is 17.5 Å². The third kappa shape index (κ3) is 9.22. The van der Waals surface area contributed by atoms with Gasteiger partial charge in [-0.2, -0.15) is 0 Å². The highest BCUT2D eigenvalue weighted by Crippen LogP contribution is 2.37. The van der Waals surface area contributed by atoms with Crippen molar-refractivity contribution < 1.29 is 28.9 Å². The number of carboxylic acid groups (broad SMARTS) is 1. The summed E-state index contributed by atoms with van der Waals surface area (Å²) in [5, 5.41) is 10.2. The molecule has 1 amide bonds. The second-order valence-corrected chi connectivity index (χ2v) is 13.0. The molecule has 2 fully saturated rings. The highest BCUT2D eigenvalue weighted by atomic mass is 35.5. The minimum Gasteiger partial charge on any atom is -0.494 e. The molecule has 0 unspecified atom stereocenters. The van der Waals surface area contributed by atoms with Crippen molar-refractivity contribution in [2.75, 3.05) is 52.6 Å². The third-order valence-electron chi connectivity index (χ3n) is 7.23. The Morgan fingerprint density at radius 3 is 2.64 bits per heavy atom. The first-order valence-corrected chi connectivity index (χ1v) is 16.5. The lowest BCUT2D eigenvalue weighted by molar-refractivity contribution is -0.136. The molecule has 0 aliphatic carbocycles. The highest BCUT2D eigenvalue weighted by molar-refractivity contribution is 8.26. The Morgan fingerprint density at radius 1 is 1.02 bits per heavy atom. The second kappa shape index (κ2) is 15.9. The van der Waals surface area contributed by atoms with E-state index in [1.807, 2.05) is 30.3 Å². The zero-order valence-electron chi connectivity index (χ0n) is 24.4. The van der Waals surface area contributed by atoms with Crippen molar-refractivity contribution in [1.82, 2.24) is 9.80 Å². The summed E-state index contributed by atoms with van der Waals surface area (Å²) < 4.78 is 18.0. The van der Waals surface area contributed by atoms with E-state index in [0.29, 0.717) is 75.7 Å². The fourth-order valence-electron chi connectivity index (χ4n) is 4.95. The third-order valence-corrected chi connectivity index (χ3v) is 9.17. The van der Waals surface area contributed by atoms with Gasteiger partial charge in [0.15, 0.2) is 0 Å². The molecule has 2 heterocycles. The van der Waals surface area contributed by atoms with Crippen LogP contribution in [0, 0.1) is 0 Å². The molecule has 1 N–H and O–H groups in total. The number of benzene rings is 3. The van der Waals surface area contributed by atoms with Gasteiger partial charge in [-0.15, -0.1) is 0 Å². The van der Waals surface area contributed by atoms with E-state index < -0.39 is 5.97 Å². The van der Waals surface area contributed by atoms with Crippen molar-refractivity contribution in [2.45, 2.75) is 12.8 Å². The largest absolute Gasteiger partial charge is 0.494 e. The lowest BCUT2D eigenvalue weighted by Gasteiger charge is -2.26. The summed E-state index contributed by atoms with van der Waals surface area (Å²) in [6, 6.07) is 18.1. The van der Waals surface area contributed by atoms with E-state index in [1.165, 1.54) is 11.8 Å². The van der Waals surface area contributed by atoms with E-state index in [-0.39, 0.29) is 12.3 Å². The predicted octanol–water partition coefficient (Wildman–Crippen LogP) is 6.67. The van der Waals surface area contributed by atoms with Crippen molar-refractivity contribution >= 4 is 69.5 Å². The monoisotopic (exact) mass is 686 g/mol. The Balaban J connectivity index is 1.28. The molecular weight excluding hydrogens is 655 g/mol. The van der Waals surface area contributed by atoms with Gasteiger partial charge in [0, 0.05) is 47.4 Å². The summed E-state index contributed by atoms with van der Waals surface area (Å²) in [5.74, 6) is 0.147. The minimum atomic E-state index is -0.902. The minimum absolute atomic E-state index is 0.0737. The van der Waals surface area contributed by atoms with Crippen LogP contribution in [0.25, 0.3) is 17.2 Å². The van der Waals surface area contributed by atoms with Crippen molar-refractivity contribution in [2.24, 2.45) is 0 Å². The molecule has 5 rings (SSSR count). The zero-order chi connectivity index (χ0) is 31.8. The molecule has 0 bridgehead atoms. The zero-order valence-corrected chi connectivity index (χ0v) is 27.5. The maximum absolute atomic E-state index is 13.5. The number of carbonyl (C=O) groups excluding carboxylic acids is 1. The molecule has 0 aromatic heterocycles. The summed E-state index contributed by atoms with van der Waals surface area (Å²) in [6.45, 7) is 5.15. The van der Waals surface area contributed by atoms with Gasteiger partial charge in [0.2, 0.25) is 0 Å². The SMILES string of the molecule is O=C(O)Cc1cccc(OCCCN2C(=O)/C(=C/c3cc(-c4cc(Cl)ccc4Cl)ccc3OCCN3CCOCC3)SC2=S)c1. The number of carboxylic acids is 1. The molecule has 236 valence electrons. The number of amides is 1. The maximum atomic E-state index is 13.5. The van der Waals surface area contributed by atoms with Gasteiger partial charge in [0.05, 0.1) is 31.1 Å². The summed E-state index contributed by atoms with van der Waals surface area (Å²) in [4.78, 5) is 28.8. The lowest BCUT2D eigenvalue weighted by atomic mass is 10.0. The standard InChI is InChI=1S/C33H32Cl2N2O6S2/c34-25-6-7-28(35)27(21-25)23-5-8-29(43-16-12-36-10-14-41-15-11-36)24(19-23)20-30-32(40)37(33(44)45-30)9-2-13-42-26-4-1-3-22(17-26)18-31(38)39/h1,3-8,17,19-21H,2,9-16,18H2,(H,38,39)/b30-20-. The number of thioether (sulfide) groups is 1. The van der Waals surface area contributed by atoms with Crippen LogP contribution in [0.15, 0.2) is 65.6 Å². The van der Waals surface area contributed by atoms with Gasteiger partial charge < -0.3 is 19.3 Å². The average molecular weight is 688 g/mol. The number of thiocarbonyl (C=S) groups is 1. The number of carbonyl (C=O) groups is 2. The van der Waals surface area contributed by atoms with Crippen LogP contribution in [-0.4, -0.2) is 83.7 Å². The number of halogens is 2. The lowest BCUT2D eigenvalue weighted by Crippen LogP contribution is -2.38. The molecule has 0 radical (unpaired) electrons. The van der Waals surface area contributed by atoms with Crippen LogP contribution in [0.4, 0.5) is 0 Å². The predicted molar refractivity (Wildman–Crippen MR) is 182 cm³/mol. The second-order valence-electron chi connectivity index (χ2n) is 10.4. The number of rotatable bonds is 13. The molecule has 0 atom stereocenters. The molecule has 0 spiro atoms. The summed E-state index contributed by atoms with van der Waals surface area (Å²) in [6.07, 6.45) is 2.28. The van der Waals surface area contributed by atoms with Crippen LogP contribution in [0.3, 0.4) is 0 Å². The van der Waals surface area contributed by atoms with Crippen molar-refractivity contribution in [1.29, 1.82) is 0 Å². The van der Waals surface area contributed by atoms with Crippen LogP contribution in [0.5, 0.6) is 11.5 Å². The van der Waals surface area contributed by atoms with E-state index in [4.69, 9.17) is 54.7 Å². The number of hydrogen-bond donors (Lipinski definition) is 1. The Kier molecular flexibility index (Phi) is 11.8. The van der Waals surface area contributed by atoms with Crippen molar-refractivity contribution in [3.63, 3.8) is 0 Å². The number of nitrogens with zero attached hydrogens (tertiary/aromatic N) is 2. The average Bonchev–Trinajstić information content (AvgIpc) is 3.28. The molecular formula is C33H32Cl2N2O6S2. The maximum Gasteiger partial charge on any atom is 0.307 e. The van der Waals surface area contributed by atoms with Gasteiger partial charge in [-0.1, -0.05) is 65.4 Å². The van der Waals surface area contributed by atoms with Gasteiger partial charge in [0.1, 0.15) is 22.4 Å². The Bertz CT molecular complexity index is 1600. The van der Waals surface area contributed by atoms with Gasteiger partial charge >= 0.3 is 5.97 Å². The smallest absolute Gasteiger partial charge is 0.307 e. The number of ether oxygens (including phenoxy) is 3. The first kappa shape index (κ1) is 33.2. The quantitative estimate of drug-likeness (QED) is 0.120. The molecule has 3 aromatic carbocycles. The Morgan fingerprint density at radius 2 is 1.84 bits per heavy atom. The van der Waals surface area contributed by atoms with Gasteiger partial charge in [0.25, 0.3) is 5.91 Å². The van der Waals surface area contributed by atoms with Gasteiger partial charge in [-0.3, -0.25) is 19.4 Å². The fraction of sp³-hybridized carbons (Fsp3) is 0.303. The molecule has 45 heavy (non-hydrogen) atoms. The first-order valence-electron chi connectivity index (χ1n) is 14.5. The summed E-state index contributed by atoms with van der Waals surface area (Å²) >= 11 is 19.6. The topological polar surface area (TPSA) is 88.5 Å². The van der Waals surface area contributed by atoms with E-state index in [0.717, 1.165) is 36.3 Å². The molecule has 3 aromatic rings. The van der Waals surface area contributed by atoms with Crippen molar-refractivity contribution in [3.8, 4) is 22.6 Å². The molecule has 2 saturated heterocycles. The number of morpholine rings is 1. The summed E-state index contributed by atoms with van der Waals surface area (Å²) in [7, 11) is 0. The molecule has 0 saturated carbocycles. The Hall–Kier alpha value is -3.12. The molecule has 2 aliphatic rings. The number of aliphatic carboxylic acids is 1. The van der Waals surface area contributed by atoms with E-state index in [9.17, 15) is 9.59 Å². The highest BCUT2D eigenvalue weighted by Gasteiger charge is 2.32. The normalized spacial score (nSPS) is 16.4. The van der Waals surface area contributed by atoms with E-state index in [2.05, 4.69) is 4.90 Å².